The van der Waals surface area contributed by atoms with Crippen LogP contribution in [0.5, 0.6) is 0 Å². The van der Waals surface area contributed by atoms with Crippen LogP contribution in [0.1, 0.15) is 10.4 Å². The summed E-state index contributed by atoms with van der Waals surface area (Å²) in [5.74, 6) is 0. The Morgan fingerprint density at radius 3 is 2.60 bits per heavy atom. The van der Waals surface area contributed by atoms with Crippen LogP contribution in [-0.4, -0.2) is 16.1 Å². The number of benzene rings is 1. The first-order valence-electron chi connectivity index (χ1n) is 5.74. The predicted molar refractivity (Wildman–Crippen MR) is 87.7 cm³/mol. The second-order valence-corrected chi connectivity index (χ2v) is 6.67. The lowest BCUT2D eigenvalue weighted by atomic mass is 10.2. The van der Waals surface area contributed by atoms with Gasteiger partial charge in [0.15, 0.2) is 6.29 Å². The molecule has 0 atom stereocenters. The molecule has 0 aliphatic heterocycles. The van der Waals surface area contributed by atoms with Crippen molar-refractivity contribution in [1.82, 2.24) is 9.78 Å². The minimum Gasteiger partial charge on any atom is -0.298 e. The van der Waals surface area contributed by atoms with Gasteiger partial charge in [-0.1, -0.05) is 12.1 Å². The van der Waals surface area contributed by atoms with Crippen molar-refractivity contribution in [2.24, 2.45) is 0 Å². The number of halogens is 2. The highest BCUT2D eigenvalue weighted by Gasteiger charge is 2.16. The predicted octanol–water partition coefficient (Wildman–Crippen LogP) is 4.94. The minimum absolute atomic E-state index is 0.573. The standard InChI is InChI=1S/C14H8Br2N2OS/c15-10-3-1-2-4-12(10)18-7-9(8-19)13(17-18)14-11(16)5-6-20-14/h1-8H. The number of thiophene rings is 1. The molecule has 0 amide bonds. The zero-order chi connectivity index (χ0) is 14.1. The Bertz CT molecular complexity index is 779. The highest BCUT2D eigenvalue weighted by atomic mass is 79.9. The van der Waals surface area contributed by atoms with Gasteiger partial charge in [-0.3, -0.25) is 4.79 Å². The number of para-hydroxylation sites is 1. The van der Waals surface area contributed by atoms with Gasteiger partial charge in [-0.15, -0.1) is 11.3 Å². The number of carbonyl (C=O) groups is 1. The summed E-state index contributed by atoms with van der Waals surface area (Å²) in [6, 6.07) is 9.71. The summed E-state index contributed by atoms with van der Waals surface area (Å²) in [6.45, 7) is 0. The van der Waals surface area contributed by atoms with E-state index in [1.807, 2.05) is 35.7 Å². The van der Waals surface area contributed by atoms with E-state index in [2.05, 4.69) is 37.0 Å². The highest BCUT2D eigenvalue weighted by molar-refractivity contribution is 9.11. The van der Waals surface area contributed by atoms with Gasteiger partial charge in [0.05, 0.1) is 16.1 Å². The molecule has 0 radical (unpaired) electrons. The average Bonchev–Trinajstić information content (AvgIpc) is 3.04. The highest BCUT2D eigenvalue weighted by Crippen LogP contribution is 2.34. The molecule has 20 heavy (non-hydrogen) atoms. The molecule has 6 heteroatoms. The van der Waals surface area contributed by atoms with Crippen molar-refractivity contribution in [1.29, 1.82) is 0 Å². The smallest absolute Gasteiger partial charge is 0.153 e. The first-order chi connectivity index (χ1) is 9.70. The Balaban J connectivity index is 2.17. The van der Waals surface area contributed by atoms with E-state index in [0.29, 0.717) is 11.3 Å². The minimum atomic E-state index is 0.573. The fourth-order valence-corrected chi connectivity index (χ4v) is 3.91. The Morgan fingerprint density at radius 2 is 1.95 bits per heavy atom. The first-order valence-corrected chi connectivity index (χ1v) is 8.20. The summed E-state index contributed by atoms with van der Waals surface area (Å²) in [5.41, 5.74) is 2.16. The van der Waals surface area contributed by atoms with Crippen molar-refractivity contribution in [2.45, 2.75) is 0 Å². The summed E-state index contributed by atoms with van der Waals surface area (Å²) in [7, 11) is 0. The molecule has 0 unspecified atom stereocenters. The van der Waals surface area contributed by atoms with Crippen molar-refractivity contribution in [3.63, 3.8) is 0 Å². The Hall–Kier alpha value is -1.24. The molecule has 3 rings (SSSR count). The molecule has 0 N–H and O–H groups in total. The van der Waals surface area contributed by atoms with Crippen LogP contribution in [-0.2, 0) is 0 Å². The second-order valence-electron chi connectivity index (χ2n) is 4.04. The molecule has 0 fully saturated rings. The number of aldehydes is 1. The zero-order valence-electron chi connectivity index (χ0n) is 10.1. The van der Waals surface area contributed by atoms with Crippen molar-refractivity contribution in [2.75, 3.05) is 0 Å². The molecule has 2 heterocycles. The number of hydrogen-bond donors (Lipinski definition) is 0. The van der Waals surface area contributed by atoms with Crippen LogP contribution in [0.15, 0.2) is 50.9 Å². The molecule has 1 aromatic carbocycles. The summed E-state index contributed by atoms with van der Waals surface area (Å²) in [4.78, 5) is 12.2. The summed E-state index contributed by atoms with van der Waals surface area (Å²) in [5, 5.41) is 6.51. The maximum absolute atomic E-state index is 11.3. The third-order valence-electron chi connectivity index (χ3n) is 2.80. The van der Waals surface area contributed by atoms with Crippen LogP contribution < -0.4 is 0 Å². The van der Waals surface area contributed by atoms with Gasteiger partial charge in [0.2, 0.25) is 0 Å². The van der Waals surface area contributed by atoms with Gasteiger partial charge in [-0.2, -0.15) is 5.10 Å². The van der Waals surface area contributed by atoms with Gasteiger partial charge in [-0.25, -0.2) is 4.68 Å². The third-order valence-corrected chi connectivity index (χ3v) is 5.32. The van der Waals surface area contributed by atoms with Crippen LogP contribution in [0.2, 0.25) is 0 Å². The molecular formula is C14H8Br2N2OS. The van der Waals surface area contributed by atoms with Crippen LogP contribution >= 0.6 is 43.2 Å². The van der Waals surface area contributed by atoms with Crippen molar-refractivity contribution in [3.8, 4) is 16.3 Å². The van der Waals surface area contributed by atoms with E-state index in [1.165, 1.54) is 0 Å². The maximum atomic E-state index is 11.3. The monoisotopic (exact) mass is 410 g/mol. The van der Waals surface area contributed by atoms with Gasteiger partial charge < -0.3 is 0 Å². The molecule has 0 aliphatic carbocycles. The van der Waals surface area contributed by atoms with Crippen LogP contribution in [0.3, 0.4) is 0 Å². The lowest BCUT2D eigenvalue weighted by Crippen LogP contribution is -1.95. The largest absolute Gasteiger partial charge is 0.298 e. The molecular weight excluding hydrogens is 404 g/mol. The lowest BCUT2D eigenvalue weighted by Gasteiger charge is -2.03. The van der Waals surface area contributed by atoms with Crippen molar-refractivity contribution in [3.05, 3.63) is 56.4 Å². The Kier molecular flexibility index (Phi) is 3.87. The van der Waals surface area contributed by atoms with E-state index < -0.39 is 0 Å². The molecule has 0 bridgehead atoms. The third kappa shape index (κ3) is 2.39. The van der Waals surface area contributed by atoms with Crippen molar-refractivity contribution >= 4 is 49.5 Å². The molecule has 0 aliphatic rings. The molecule has 0 saturated carbocycles. The van der Waals surface area contributed by atoms with E-state index in [-0.39, 0.29) is 0 Å². The van der Waals surface area contributed by atoms with Gasteiger partial charge in [0.1, 0.15) is 5.69 Å². The van der Waals surface area contributed by atoms with E-state index in [9.17, 15) is 4.79 Å². The molecule has 0 saturated heterocycles. The van der Waals surface area contributed by atoms with Crippen LogP contribution in [0, 0.1) is 0 Å². The quantitative estimate of drug-likeness (QED) is 0.572. The Morgan fingerprint density at radius 1 is 1.15 bits per heavy atom. The number of nitrogens with zero attached hydrogens (tertiary/aromatic N) is 2. The Labute approximate surface area is 136 Å². The van der Waals surface area contributed by atoms with E-state index >= 15 is 0 Å². The van der Waals surface area contributed by atoms with Gasteiger partial charge in [-0.05, 0) is 55.4 Å². The lowest BCUT2D eigenvalue weighted by molar-refractivity contribution is 0.112. The van der Waals surface area contributed by atoms with Crippen molar-refractivity contribution < 1.29 is 4.79 Å². The first kappa shape index (κ1) is 13.7. The van der Waals surface area contributed by atoms with Crippen LogP contribution in [0.4, 0.5) is 0 Å². The SMILES string of the molecule is O=Cc1cn(-c2ccccc2Br)nc1-c1sccc1Br. The van der Waals surface area contributed by atoms with Gasteiger partial charge in [0, 0.05) is 15.1 Å². The summed E-state index contributed by atoms with van der Waals surface area (Å²) < 4.78 is 3.59. The zero-order valence-corrected chi connectivity index (χ0v) is 14.1. The number of aromatic nitrogens is 2. The van der Waals surface area contributed by atoms with E-state index in [0.717, 1.165) is 25.8 Å². The van der Waals surface area contributed by atoms with E-state index in [1.54, 1.807) is 22.2 Å². The number of carbonyl (C=O) groups excluding carboxylic acids is 1. The fraction of sp³-hybridized carbons (Fsp3) is 0. The van der Waals surface area contributed by atoms with Crippen LogP contribution in [0.25, 0.3) is 16.3 Å². The number of rotatable bonds is 3. The number of hydrogen-bond acceptors (Lipinski definition) is 3. The normalized spacial score (nSPS) is 10.7. The molecule has 2 aromatic heterocycles. The fourth-order valence-electron chi connectivity index (χ4n) is 1.87. The molecule has 0 spiro atoms. The maximum Gasteiger partial charge on any atom is 0.153 e. The molecule has 3 nitrogen and oxygen atoms in total. The molecule has 100 valence electrons. The molecule has 3 aromatic rings. The van der Waals surface area contributed by atoms with E-state index in [4.69, 9.17) is 0 Å². The average molecular weight is 412 g/mol. The second kappa shape index (κ2) is 5.63. The summed E-state index contributed by atoms with van der Waals surface area (Å²) in [6.07, 6.45) is 2.58. The van der Waals surface area contributed by atoms with Gasteiger partial charge in [0.25, 0.3) is 0 Å². The van der Waals surface area contributed by atoms with Gasteiger partial charge >= 0.3 is 0 Å². The summed E-state index contributed by atoms with van der Waals surface area (Å²) >= 11 is 8.53. The topological polar surface area (TPSA) is 34.9 Å².